The molecule has 0 unspecified atom stereocenters. The molecule has 0 aliphatic carbocycles. The maximum Gasteiger partial charge on any atom is 0.335 e. The number of thioether (sulfide) groups is 1. The molecule has 176 valence electrons. The number of halogens is 4. The van der Waals surface area contributed by atoms with E-state index in [0.717, 1.165) is 4.91 Å². The normalized spacial score (nSPS) is 16.8. The van der Waals surface area contributed by atoms with Gasteiger partial charge in [0.1, 0.15) is 17.5 Å². The molecule has 2 aromatic rings. The van der Waals surface area contributed by atoms with E-state index in [0.29, 0.717) is 43.5 Å². The molecule has 6 nitrogen and oxygen atoms in total. The lowest BCUT2D eigenvalue weighted by molar-refractivity contribution is -0.133. The van der Waals surface area contributed by atoms with Crippen molar-refractivity contribution < 1.29 is 19.4 Å². The second kappa shape index (κ2) is 10.9. The third kappa shape index (κ3) is 4.79. The van der Waals surface area contributed by atoms with Crippen molar-refractivity contribution in [3.8, 4) is 11.5 Å². The Hall–Kier alpha value is -2.03. The fourth-order valence-corrected chi connectivity index (χ4v) is 5.56. The van der Waals surface area contributed by atoms with Crippen molar-refractivity contribution in [1.82, 2.24) is 4.90 Å². The quantitative estimate of drug-likeness (QED) is 0.449. The van der Waals surface area contributed by atoms with E-state index < -0.39 is 12.0 Å². The second-order valence-corrected chi connectivity index (χ2v) is 8.60. The molecule has 0 saturated carbocycles. The fourth-order valence-electron chi connectivity index (χ4n) is 3.72. The number of carboxylic acids is 1. The number of hydrogen-bond acceptors (Lipinski definition) is 6. The number of fused-ring (bicyclic) bond motifs is 1. The average molecular weight is 550 g/mol. The molecule has 0 aromatic heterocycles. The van der Waals surface area contributed by atoms with Gasteiger partial charge >= 0.3 is 5.97 Å². The summed E-state index contributed by atoms with van der Waals surface area (Å²) in [5.41, 5.74) is 1.81. The summed E-state index contributed by atoms with van der Waals surface area (Å²) in [6.45, 7) is 1.68. The highest BCUT2D eigenvalue weighted by atomic mass is 35.5. The number of methoxy groups -OCH3 is 2. The molecule has 0 amide bonds. The molecule has 1 N–H and O–H groups in total. The minimum absolute atomic E-state index is 0. The maximum absolute atomic E-state index is 12.3. The predicted octanol–water partition coefficient (Wildman–Crippen LogP) is 6.67. The second-order valence-electron chi connectivity index (χ2n) is 6.78. The van der Waals surface area contributed by atoms with Gasteiger partial charge in [0, 0.05) is 16.7 Å². The van der Waals surface area contributed by atoms with Gasteiger partial charge in [-0.05, 0) is 43.0 Å². The average Bonchev–Trinajstić information content (AvgIpc) is 3.14. The summed E-state index contributed by atoms with van der Waals surface area (Å²) in [6, 6.07) is 9.91. The third-order valence-electron chi connectivity index (χ3n) is 5.06. The van der Waals surface area contributed by atoms with E-state index >= 15 is 0 Å². The van der Waals surface area contributed by atoms with Gasteiger partial charge in [-0.3, -0.25) is 0 Å². The number of aliphatic carboxylic acids is 1. The van der Waals surface area contributed by atoms with Crippen LogP contribution in [0, 0.1) is 0 Å². The number of nitrogens with zero attached hydrogens (tertiary/aromatic N) is 2. The molecule has 2 aliphatic rings. The highest BCUT2D eigenvalue weighted by Crippen LogP contribution is 2.51. The summed E-state index contributed by atoms with van der Waals surface area (Å²) in [6.07, 6.45) is 1.82. The molecule has 2 aromatic carbocycles. The zero-order chi connectivity index (χ0) is 22.3. The van der Waals surface area contributed by atoms with Gasteiger partial charge in [0.25, 0.3) is 0 Å². The lowest BCUT2D eigenvalue weighted by Crippen LogP contribution is -2.34. The van der Waals surface area contributed by atoms with Crippen LogP contribution >= 0.6 is 59.8 Å². The van der Waals surface area contributed by atoms with Gasteiger partial charge in [-0.1, -0.05) is 35.3 Å². The van der Waals surface area contributed by atoms with Gasteiger partial charge in [-0.25, -0.2) is 9.79 Å². The topological polar surface area (TPSA) is 71.4 Å². The van der Waals surface area contributed by atoms with Gasteiger partial charge in [-0.2, -0.15) is 0 Å². The largest absolute Gasteiger partial charge is 0.496 e. The Bertz CT molecular complexity index is 1140. The highest BCUT2D eigenvalue weighted by molar-refractivity contribution is 8.22. The van der Waals surface area contributed by atoms with Gasteiger partial charge in [0.15, 0.2) is 5.17 Å². The number of hydrogen-bond donors (Lipinski definition) is 1. The van der Waals surface area contributed by atoms with E-state index in [1.54, 1.807) is 48.2 Å². The zero-order valence-corrected chi connectivity index (χ0v) is 21.6. The molecule has 0 fully saturated rings. The van der Waals surface area contributed by atoms with Crippen molar-refractivity contribution in [3.63, 3.8) is 0 Å². The fraction of sp³-hybridized carbons (Fsp3) is 0.182. The molecule has 33 heavy (non-hydrogen) atoms. The van der Waals surface area contributed by atoms with Crippen LogP contribution in [0.2, 0.25) is 10.0 Å². The van der Waals surface area contributed by atoms with Crippen LogP contribution in [0.25, 0.3) is 4.91 Å². The summed E-state index contributed by atoms with van der Waals surface area (Å²) < 4.78 is 11.1. The van der Waals surface area contributed by atoms with Crippen molar-refractivity contribution in [2.45, 2.75) is 13.0 Å². The van der Waals surface area contributed by atoms with E-state index in [2.05, 4.69) is 4.99 Å². The van der Waals surface area contributed by atoms with Crippen LogP contribution in [0.3, 0.4) is 0 Å². The van der Waals surface area contributed by atoms with Gasteiger partial charge < -0.3 is 19.5 Å². The van der Waals surface area contributed by atoms with Crippen molar-refractivity contribution in [1.29, 1.82) is 0 Å². The van der Waals surface area contributed by atoms with Crippen molar-refractivity contribution in [2.75, 3.05) is 14.2 Å². The Labute approximate surface area is 218 Å². The van der Waals surface area contributed by atoms with E-state index in [1.807, 2.05) is 6.20 Å². The summed E-state index contributed by atoms with van der Waals surface area (Å²) in [7, 11) is 3.08. The molecule has 2 aliphatic heterocycles. The Morgan fingerprint density at radius 2 is 1.61 bits per heavy atom. The van der Waals surface area contributed by atoms with Crippen LogP contribution in [0.15, 0.2) is 58.9 Å². The monoisotopic (exact) mass is 548 g/mol. The minimum Gasteiger partial charge on any atom is -0.496 e. The summed E-state index contributed by atoms with van der Waals surface area (Å²) in [5, 5.41) is 11.7. The molecular weight excluding hydrogens is 530 g/mol. The number of amidine groups is 1. The molecule has 11 heteroatoms. The molecular formula is C22H20Cl4N2O4S. The first kappa shape index (κ1) is 27.2. The third-order valence-corrected chi connectivity index (χ3v) is 6.71. The first-order chi connectivity index (χ1) is 14.9. The number of carboxylic acid groups (broad SMARTS) is 1. The summed E-state index contributed by atoms with van der Waals surface area (Å²) in [4.78, 5) is 19.4. The number of benzene rings is 2. The Morgan fingerprint density at radius 3 is 2.12 bits per heavy atom. The molecule has 0 saturated heterocycles. The first-order valence-corrected chi connectivity index (χ1v) is 10.8. The first-order valence-electron chi connectivity index (χ1n) is 9.23. The lowest BCUT2D eigenvalue weighted by atomic mass is 9.93. The standard InChI is InChI=1S/C22H18Cl2N2O4S.2ClH/c1-11-17(21(27)28)20(19-14(29-2)8-5-9-15(19)30-3)26-10-16(31-22(26)25-11)18-12(23)6-4-7-13(18)24;;/h4-10,20H,1-3H3,(H,27,28);2*1H/t20-;;/m1../s1. The number of aliphatic imine (C=N–C) groups is 1. The number of ether oxygens (including phenoxy) is 2. The van der Waals surface area contributed by atoms with Crippen LogP contribution in [-0.4, -0.2) is 35.4 Å². The lowest BCUT2D eigenvalue weighted by Gasteiger charge is -2.34. The number of carbonyl (C=O) groups is 1. The van der Waals surface area contributed by atoms with Crippen LogP contribution in [0.4, 0.5) is 0 Å². The highest BCUT2D eigenvalue weighted by Gasteiger charge is 2.42. The number of allylic oxidation sites excluding steroid dienone is 1. The van der Waals surface area contributed by atoms with Gasteiger partial charge in [0.2, 0.25) is 0 Å². The summed E-state index contributed by atoms with van der Waals surface area (Å²) in [5.74, 6) is -0.0413. The van der Waals surface area contributed by atoms with Crippen LogP contribution in [-0.2, 0) is 4.79 Å². The maximum atomic E-state index is 12.3. The zero-order valence-electron chi connectivity index (χ0n) is 17.7. The van der Waals surface area contributed by atoms with E-state index in [9.17, 15) is 9.90 Å². The summed E-state index contributed by atoms with van der Waals surface area (Å²) >= 11 is 14.2. The van der Waals surface area contributed by atoms with Crippen molar-refractivity contribution >= 4 is 75.8 Å². The van der Waals surface area contributed by atoms with E-state index in [1.165, 1.54) is 26.0 Å². The molecule has 0 spiro atoms. The molecule has 4 rings (SSSR count). The van der Waals surface area contributed by atoms with E-state index in [4.69, 9.17) is 32.7 Å². The van der Waals surface area contributed by atoms with E-state index in [-0.39, 0.29) is 30.4 Å². The smallest absolute Gasteiger partial charge is 0.335 e. The van der Waals surface area contributed by atoms with Crippen LogP contribution in [0.1, 0.15) is 24.1 Å². The van der Waals surface area contributed by atoms with Crippen LogP contribution in [0.5, 0.6) is 11.5 Å². The minimum atomic E-state index is -1.07. The van der Waals surface area contributed by atoms with Crippen LogP contribution < -0.4 is 9.47 Å². The molecule has 2 heterocycles. The Morgan fingerprint density at radius 1 is 1.06 bits per heavy atom. The Balaban J connectivity index is 0.00000193. The van der Waals surface area contributed by atoms with Gasteiger partial charge in [0.05, 0.1) is 41.1 Å². The van der Waals surface area contributed by atoms with Crippen molar-refractivity contribution in [2.24, 2.45) is 4.99 Å². The predicted molar refractivity (Wildman–Crippen MR) is 138 cm³/mol. The SMILES string of the molecule is COc1cccc(OC)c1[C@H]1C(C(=O)O)=C(C)N=C2SC(c3c(Cl)cccc3Cl)=CN21.Cl.Cl. The number of rotatable bonds is 5. The molecule has 0 bridgehead atoms. The Kier molecular flexibility index (Phi) is 9.01. The molecule has 1 atom stereocenters. The molecule has 0 radical (unpaired) electrons. The van der Waals surface area contributed by atoms with Gasteiger partial charge in [-0.15, -0.1) is 24.8 Å². The van der Waals surface area contributed by atoms with Crippen molar-refractivity contribution in [3.05, 3.63) is 75.0 Å².